The lowest BCUT2D eigenvalue weighted by Crippen LogP contribution is -2.37. The second-order valence-electron chi connectivity index (χ2n) is 4.33. The van der Waals surface area contributed by atoms with Crippen LogP contribution in [0.25, 0.3) is 0 Å². The van der Waals surface area contributed by atoms with Gasteiger partial charge in [-0.05, 0) is 39.5 Å². The van der Waals surface area contributed by atoms with Crippen molar-refractivity contribution in [3.63, 3.8) is 0 Å². The smallest absolute Gasteiger partial charge is 0.311 e. The Morgan fingerprint density at radius 2 is 2.00 bits per heavy atom. The van der Waals surface area contributed by atoms with Crippen molar-refractivity contribution in [3.8, 4) is 0 Å². The van der Waals surface area contributed by atoms with Gasteiger partial charge in [-0.25, -0.2) is 0 Å². The molecule has 1 aliphatic heterocycles. The number of ether oxygens (including phenoxy) is 2. The van der Waals surface area contributed by atoms with Crippen molar-refractivity contribution >= 4 is 5.97 Å². The van der Waals surface area contributed by atoms with Crippen molar-refractivity contribution in [3.05, 3.63) is 0 Å². The number of hydrogen-bond acceptors (Lipinski definition) is 3. The first-order chi connectivity index (χ1) is 6.59. The molecule has 0 aliphatic carbocycles. The van der Waals surface area contributed by atoms with Crippen LogP contribution in [0.1, 0.15) is 33.6 Å². The van der Waals surface area contributed by atoms with Crippen LogP contribution in [0, 0.1) is 11.3 Å². The minimum atomic E-state index is -0.361. The molecule has 0 N–H and O–H groups in total. The van der Waals surface area contributed by atoms with Gasteiger partial charge in [0.1, 0.15) is 0 Å². The van der Waals surface area contributed by atoms with Crippen LogP contribution >= 0.6 is 0 Å². The fourth-order valence-electron chi connectivity index (χ4n) is 1.90. The summed E-state index contributed by atoms with van der Waals surface area (Å²) in [5.74, 6) is 0.321. The van der Waals surface area contributed by atoms with E-state index in [1.807, 2.05) is 20.8 Å². The fourth-order valence-corrected chi connectivity index (χ4v) is 1.90. The van der Waals surface area contributed by atoms with Gasteiger partial charge in [-0.15, -0.1) is 0 Å². The number of carbonyl (C=O) groups is 1. The molecule has 1 aliphatic rings. The Hall–Kier alpha value is -0.570. The largest absolute Gasteiger partial charge is 0.466 e. The molecule has 0 aromatic rings. The van der Waals surface area contributed by atoms with Gasteiger partial charge in [0.2, 0.25) is 0 Å². The zero-order valence-corrected chi connectivity index (χ0v) is 9.34. The Morgan fingerprint density at radius 3 is 2.50 bits per heavy atom. The molecule has 14 heavy (non-hydrogen) atoms. The lowest BCUT2D eigenvalue weighted by molar-refractivity contribution is -0.158. The van der Waals surface area contributed by atoms with Gasteiger partial charge in [-0.2, -0.15) is 0 Å². The topological polar surface area (TPSA) is 35.5 Å². The first kappa shape index (κ1) is 11.5. The maximum atomic E-state index is 11.7. The van der Waals surface area contributed by atoms with Crippen LogP contribution in [-0.2, 0) is 14.3 Å². The molecule has 0 saturated carbocycles. The normalized spacial score (nSPS) is 19.4. The van der Waals surface area contributed by atoms with Crippen molar-refractivity contribution in [2.75, 3.05) is 19.8 Å². The van der Waals surface area contributed by atoms with E-state index in [0.717, 1.165) is 26.1 Å². The first-order valence-corrected chi connectivity index (χ1v) is 5.34. The van der Waals surface area contributed by atoms with Crippen molar-refractivity contribution in [1.82, 2.24) is 0 Å². The summed E-state index contributed by atoms with van der Waals surface area (Å²) in [6, 6.07) is 0. The Morgan fingerprint density at radius 1 is 1.43 bits per heavy atom. The third kappa shape index (κ3) is 2.47. The summed E-state index contributed by atoms with van der Waals surface area (Å²) >= 11 is 0. The van der Waals surface area contributed by atoms with E-state index in [4.69, 9.17) is 9.47 Å². The molecule has 3 nitrogen and oxygen atoms in total. The monoisotopic (exact) mass is 200 g/mol. The summed E-state index contributed by atoms with van der Waals surface area (Å²) < 4.78 is 10.4. The van der Waals surface area contributed by atoms with Gasteiger partial charge >= 0.3 is 5.97 Å². The number of esters is 1. The van der Waals surface area contributed by atoms with E-state index in [1.54, 1.807) is 0 Å². The van der Waals surface area contributed by atoms with E-state index in [1.165, 1.54) is 0 Å². The summed E-state index contributed by atoms with van der Waals surface area (Å²) in [4.78, 5) is 11.7. The van der Waals surface area contributed by atoms with Crippen molar-refractivity contribution in [2.24, 2.45) is 11.3 Å². The van der Waals surface area contributed by atoms with Crippen LogP contribution in [0.4, 0.5) is 0 Å². The van der Waals surface area contributed by atoms with Gasteiger partial charge in [0.25, 0.3) is 0 Å². The summed E-state index contributed by atoms with van der Waals surface area (Å²) in [7, 11) is 0. The maximum Gasteiger partial charge on any atom is 0.311 e. The van der Waals surface area contributed by atoms with E-state index < -0.39 is 0 Å². The van der Waals surface area contributed by atoms with Gasteiger partial charge in [-0.3, -0.25) is 4.79 Å². The van der Waals surface area contributed by atoms with E-state index >= 15 is 0 Å². The minimum Gasteiger partial charge on any atom is -0.466 e. The molecule has 0 unspecified atom stereocenters. The molecule has 1 saturated heterocycles. The molecule has 0 aromatic carbocycles. The highest BCUT2D eigenvalue weighted by Crippen LogP contribution is 2.35. The second-order valence-corrected chi connectivity index (χ2v) is 4.33. The van der Waals surface area contributed by atoms with E-state index in [-0.39, 0.29) is 11.4 Å². The van der Waals surface area contributed by atoms with Crippen LogP contribution in [0.5, 0.6) is 0 Å². The third-order valence-electron chi connectivity index (χ3n) is 3.04. The van der Waals surface area contributed by atoms with Crippen molar-refractivity contribution < 1.29 is 14.3 Å². The molecule has 1 heterocycles. The molecular weight excluding hydrogens is 180 g/mol. The molecular formula is C11H20O3. The Labute approximate surface area is 85.8 Å². The van der Waals surface area contributed by atoms with Gasteiger partial charge in [-0.1, -0.05) is 0 Å². The average molecular weight is 200 g/mol. The summed E-state index contributed by atoms with van der Waals surface area (Å²) in [6.07, 6.45) is 1.93. The molecule has 0 aromatic heterocycles. The highest BCUT2D eigenvalue weighted by molar-refractivity contribution is 5.76. The van der Waals surface area contributed by atoms with Crippen molar-refractivity contribution in [2.45, 2.75) is 33.6 Å². The highest BCUT2D eigenvalue weighted by atomic mass is 16.5. The van der Waals surface area contributed by atoms with Crippen LogP contribution in [0.3, 0.4) is 0 Å². The highest BCUT2D eigenvalue weighted by Gasteiger charge is 2.38. The number of rotatable bonds is 3. The van der Waals surface area contributed by atoms with E-state index in [2.05, 4.69) is 0 Å². The Bertz CT molecular complexity index is 193. The molecule has 0 atom stereocenters. The SMILES string of the molecule is CCOC(=O)C(C)(C)C1CCOCC1. The molecule has 82 valence electrons. The standard InChI is InChI=1S/C11H20O3/c1-4-14-10(12)11(2,3)9-5-7-13-8-6-9/h9H,4-8H2,1-3H3. The molecule has 0 amide bonds. The average Bonchev–Trinajstić information content (AvgIpc) is 2.19. The molecule has 3 heteroatoms. The molecule has 0 radical (unpaired) electrons. The number of carbonyl (C=O) groups excluding carboxylic acids is 1. The van der Waals surface area contributed by atoms with Gasteiger partial charge < -0.3 is 9.47 Å². The predicted molar refractivity (Wildman–Crippen MR) is 54.0 cm³/mol. The third-order valence-corrected chi connectivity index (χ3v) is 3.04. The Kier molecular flexibility index (Phi) is 3.93. The zero-order chi connectivity index (χ0) is 10.6. The summed E-state index contributed by atoms with van der Waals surface area (Å²) in [6.45, 7) is 7.80. The predicted octanol–water partition coefficient (Wildman–Crippen LogP) is 2.00. The lowest BCUT2D eigenvalue weighted by atomic mass is 9.75. The van der Waals surface area contributed by atoms with Gasteiger partial charge in [0.05, 0.1) is 12.0 Å². The Balaban J connectivity index is 2.57. The minimum absolute atomic E-state index is 0.0769. The fraction of sp³-hybridized carbons (Fsp3) is 0.909. The molecule has 1 rings (SSSR count). The quantitative estimate of drug-likeness (QED) is 0.654. The zero-order valence-electron chi connectivity index (χ0n) is 9.34. The van der Waals surface area contributed by atoms with E-state index in [0.29, 0.717) is 12.5 Å². The maximum absolute atomic E-state index is 11.7. The van der Waals surface area contributed by atoms with Crippen LogP contribution in [0.15, 0.2) is 0 Å². The molecule has 0 bridgehead atoms. The van der Waals surface area contributed by atoms with Crippen LogP contribution in [0.2, 0.25) is 0 Å². The van der Waals surface area contributed by atoms with E-state index in [9.17, 15) is 4.79 Å². The summed E-state index contributed by atoms with van der Waals surface area (Å²) in [5.41, 5.74) is -0.361. The van der Waals surface area contributed by atoms with Crippen LogP contribution < -0.4 is 0 Å². The molecule has 0 spiro atoms. The molecule has 1 fully saturated rings. The second kappa shape index (κ2) is 4.78. The van der Waals surface area contributed by atoms with Crippen molar-refractivity contribution in [1.29, 1.82) is 0 Å². The van der Waals surface area contributed by atoms with Crippen LogP contribution in [-0.4, -0.2) is 25.8 Å². The first-order valence-electron chi connectivity index (χ1n) is 5.34. The number of hydrogen-bond donors (Lipinski definition) is 0. The lowest BCUT2D eigenvalue weighted by Gasteiger charge is -2.34. The summed E-state index contributed by atoms with van der Waals surface area (Å²) in [5, 5.41) is 0. The van der Waals surface area contributed by atoms with Gasteiger partial charge in [0, 0.05) is 13.2 Å². The van der Waals surface area contributed by atoms with Gasteiger partial charge in [0.15, 0.2) is 0 Å².